The number of amides is 2. The Morgan fingerprint density at radius 2 is 2.00 bits per heavy atom. The zero-order chi connectivity index (χ0) is 16.3. The average molecular weight is 304 g/mol. The predicted octanol–water partition coefficient (Wildman–Crippen LogP) is 2.13. The normalized spacial score (nSPS) is 19.4. The second kappa shape index (κ2) is 6.92. The number of carbonyl (C=O) groups is 2. The van der Waals surface area contributed by atoms with Crippen molar-refractivity contribution in [3.05, 3.63) is 29.3 Å². The highest BCUT2D eigenvalue weighted by Gasteiger charge is 2.36. The van der Waals surface area contributed by atoms with Crippen LogP contribution >= 0.6 is 0 Å². The number of likely N-dealkylation sites (tertiary alicyclic amines) is 1. The lowest BCUT2D eigenvalue weighted by atomic mass is 10.1. The molecule has 0 bridgehead atoms. The maximum atomic E-state index is 12.4. The summed E-state index contributed by atoms with van der Waals surface area (Å²) in [6.45, 7) is 6.87. The molecule has 1 aromatic rings. The molecule has 2 atom stereocenters. The Morgan fingerprint density at radius 1 is 1.36 bits per heavy atom. The molecule has 0 radical (unpaired) electrons. The van der Waals surface area contributed by atoms with Crippen LogP contribution in [0.15, 0.2) is 18.2 Å². The number of ether oxygens (including phenoxy) is 1. The lowest BCUT2D eigenvalue weighted by molar-refractivity contribution is -0.130. The van der Waals surface area contributed by atoms with E-state index in [-0.39, 0.29) is 30.2 Å². The van der Waals surface area contributed by atoms with Crippen molar-refractivity contribution in [2.45, 2.75) is 33.2 Å². The van der Waals surface area contributed by atoms with Crippen LogP contribution in [0.1, 0.15) is 24.5 Å². The van der Waals surface area contributed by atoms with Gasteiger partial charge in [0.05, 0.1) is 18.6 Å². The van der Waals surface area contributed by atoms with Crippen molar-refractivity contribution in [3.8, 4) is 0 Å². The molecule has 5 nitrogen and oxygen atoms in total. The maximum Gasteiger partial charge on any atom is 0.229 e. The predicted molar refractivity (Wildman–Crippen MR) is 85.7 cm³/mol. The molecule has 0 saturated carbocycles. The van der Waals surface area contributed by atoms with E-state index in [1.165, 1.54) is 0 Å². The maximum absolute atomic E-state index is 12.4. The van der Waals surface area contributed by atoms with Gasteiger partial charge in [0.2, 0.25) is 11.8 Å². The third-order valence-corrected chi connectivity index (χ3v) is 3.96. The molecule has 5 heteroatoms. The molecule has 0 spiro atoms. The van der Waals surface area contributed by atoms with Gasteiger partial charge in [0.15, 0.2) is 0 Å². The number of anilines is 1. The molecule has 22 heavy (non-hydrogen) atoms. The van der Waals surface area contributed by atoms with Crippen LogP contribution in [-0.4, -0.2) is 43.0 Å². The van der Waals surface area contributed by atoms with Crippen molar-refractivity contribution in [2.75, 3.05) is 25.6 Å². The van der Waals surface area contributed by atoms with Crippen LogP contribution < -0.4 is 5.32 Å². The van der Waals surface area contributed by atoms with Gasteiger partial charge in [-0.3, -0.25) is 9.59 Å². The first kappa shape index (κ1) is 16.5. The molecule has 1 aromatic carbocycles. The van der Waals surface area contributed by atoms with Crippen LogP contribution in [0, 0.1) is 19.8 Å². The fraction of sp³-hybridized carbons (Fsp3) is 0.529. The fourth-order valence-corrected chi connectivity index (χ4v) is 2.96. The zero-order valence-corrected chi connectivity index (χ0v) is 13.7. The van der Waals surface area contributed by atoms with E-state index >= 15 is 0 Å². The molecule has 1 heterocycles. The number of nitrogens with one attached hydrogen (secondary N) is 1. The summed E-state index contributed by atoms with van der Waals surface area (Å²) in [7, 11) is 1.61. The van der Waals surface area contributed by atoms with Crippen molar-refractivity contribution in [1.82, 2.24) is 4.90 Å². The van der Waals surface area contributed by atoms with E-state index in [0.29, 0.717) is 13.2 Å². The molecule has 1 saturated heterocycles. The van der Waals surface area contributed by atoms with E-state index in [1.54, 1.807) is 12.0 Å². The van der Waals surface area contributed by atoms with Gasteiger partial charge < -0.3 is 15.0 Å². The summed E-state index contributed by atoms with van der Waals surface area (Å²) in [5.74, 6) is -0.372. The van der Waals surface area contributed by atoms with Gasteiger partial charge in [-0.15, -0.1) is 0 Å². The molecule has 1 aliphatic rings. The number of aryl methyl sites for hydroxylation is 2. The molecule has 1 fully saturated rings. The lowest BCUT2D eigenvalue weighted by Gasteiger charge is -2.23. The van der Waals surface area contributed by atoms with Gasteiger partial charge in [-0.2, -0.15) is 0 Å². The Hall–Kier alpha value is -1.88. The lowest BCUT2D eigenvalue weighted by Crippen LogP contribution is -2.38. The Bertz CT molecular complexity index is 551. The number of methoxy groups -OCH3 is 1. The SMILES string of the molecule is COC[C@@H](C)N1C[C@@H](C(=O)Nc2cc(C)cc(C)c2)CC1=O. The van der Waals surface area contributed by atoms with E-state index in [2.05, 4.69) is 11.4 Å². The van der Waals surface area contributed by atoms with Gasteiger partial charge in [0.25, 0.3) is 0 Å². The highest BCUT2D eigenvalue weighted by atomic mass is 16.5. The molecule has 2 rings (SSSR count). The van der Waals surface area contributed by atoms with Gasteiger partial charge in [0, 0.05) is 25.8 Å². The molecule has 2 amide bonds. The molecule has 1 N–H and O–H groups in total. The average Bonchev–Trinajstić information content (AvgIpc) is 2.80. The van der Waals surface area contributed by atoms with E-state index < -0.39 is 0 Å². The van der Waals surface area contributed by atoms with Gasteiger partial charge in [-0.25, -0.2) is 0 Å². The molecular formula is C17H24N2O3. The van der Waals surface area contributed by atoms with Gasteiger partial charge >= 0.3 is 0 Å². The summed E-state index contributed by atoms with van der Waals surface area (Å²) < 4.78 is 5.09. The van der Waals surface area contributed by atoms with Crippen molar-refractivity contribution in [3.63, 3.8) is 0 Å². The van der Waals surface area contributed by atoms with Gasteiger partial charge in [-0.1, -0.05) is 6.07 Å². The number of nitrogens with zero attached hydrogens (tertiary/aromatic N) is 1. The molecule has 0 aromatic heterocycles. The topological polar surface area (TPSA) is 58.6 Å². The monoisotopic (exact) mass is 304 g/mol. The van der Waals surface area contributed by atoms with Gasteiger partial charge in [-0.05, 0) is 44.0 Å². The van der Waals surface area contributed by atoms with Crippen molar-refractivity contribution in [2.24, 2.45) is 5.92 Å². The first-order chi connectivity index (χ1) is 10.4. The molecule has 120 valence electrons. The van der Waals surface area contributed by atoms with Crippen molar-refractivity contribution >= 4 is 17.5 Å². The summed E-state index contributed by atoms with van der Waals surface area (Å²) in [5.41, 5.74) is 3.00. The minimum Gasteiger partial charge on any atom is -0.383 e. The Morgan fingerprint density at radius 3 is 2.59 bits per heavy atom. The van der Waals surface area contributed by atoms with Crippen LogP contribution in [0.3, 0.4) is 0 Å². The molecule has 0 aliphatic carbocycles. The van der Waals surface area contributed by atoms with E-state index in [1.807, 2.05) is 32.9 Å². The van der Waals surface area contributed by atoms with Crippen LogP contribution in [0.4, 0.5) is 5.69 Å². The smallest absolute Gasteiger partial charge is 0.229 e. The Balaban J connectivity index is 2.00. The summed E-state index contributed by atoms with van der Waals surface area (Å²) in [5, 5.41) is 2.93. The standard InChI is InChI=1S/C17H24N2O3/c1-11-5-12(2)7-15(6-11)18-17(21)14-8-16(20)19(9-14)13(3)10-22-4/h5-7,13-14H,8-10H2,1-4H3,(H,18,21)/t13-,14+/m1/s1. The summed E-state index contributed by atoms with van der Waals surface area (Å²) in [6, 6.07) is 5.93. The highest BCUT2D eigenvalue weighted by molar-refractivity contribution is 5.97. The summed E-state index contributed by atoms with van der Waals surface area (Å²) >= 11 is 0. The second-order valence-corrected chi connectivity index (χ2v) is 6.12. The number of carbonyl (C=O) groups excluding carboxylic acids is 2. The molecule has 1 aliphatic heterocycles. The number of hydrogen-bond donors (Lipinski definition) is 1. The van der Waals surface area contributed by atoms with Crippen LogP contribution in [0.25, 0.3) is 0 Å². The van der Waals surface area contributed by atoms with E-state index in [4.69, 9.17) is 4.74 Å². The summed E-state index contributed by atoms with van der Waals surface area (Å²) in [6.07, 6.45) is 0.269. The number of benzene rings is 1. The Labute approximate surface area is 131 Å². The molecule has 0 unspecified atom stereocenters. The largest absolute Gasteiger partial charge is 0.383 e. The van der Waals surface area contributed by atoms with E-state index in [9.17, 15) is 9.59 Å². The number of rotatable bonds is 5. The minimum atomic E-state index is -0.298. The number of hydrogen-bond acceptors (Lipinski definition) is 3. The Kier molecular flexibility index (Phi) is 5.19. The second-order valence-electron chi connectivity index (χ2n) is 6.12. The highest BCUT2D eigenvalue weighted by Crippen LogP contribution is 2.23. The fourth-order valence-electron chi connectivity index (χ4n) is 2.96. The quantitative estimate of drug-likeness (QED) is 0.906. The summed E-state index contributed by atoms with van der Waals surface area (Å²) in [4.78, 5) is 26.2. The molecular weight excluding hydrogens is 280 g/mol. The van der Waals surface area contributed by atoms with Gasteiger partial charge in [0.1, 0.15) is 0 Å². The minimum absolute atomic E-state index is 0.00323. The van der Waals surface area contributed by atoms with Crippen LogP contribution in [0.2, 0.25) is 0 Å². The first-order valence-electron chi connectivity index (χ1n) is 7.58. The van der Waals surface area contributed by atoms with Crippen molar-refractivity contribution in [1.29, 1.82) is 0 Å². The van der Waals surface area contributed by atoms with Crippen molar-refractivity contribution < 1.29 is 14.3 Å². The third kappa shape index (κ3) is 3.85. The van der Waals surface area contributed by atoms with Crippen LogP contribution in [-0.2, 0) is 14.3 Å². The van der Waals surface area contributed by atoms with Crippen LogP contribution in [0.5, 0.6) is 0 Å². The van der Waals surface area contributed by atoms with E-state index in [0.717, 1.165) is 16.8 Å². The first-order valence-corrected chi connectivity index (χ1v) is 7.58. The third-order valence-electron chi connectivity index (χ3n) is 3.96. The zero-order valence-electron chi connectivity index (χ0n) is 13.7.